The molecule has 0 atom stereocenters. The Kier molecular flexibility index (Phi) is 3.97. The van der Waals surface area contributed by atoms with Crippen LogP contribution in [0.25, 0.3) is 0 Å². The molecule has 1 aromatic heterocycles. The normalized spacial score (nSPS) is 10.0. The standard InChI is InChI=1S/C14H15N3OS/c1-17(10-7-8-16-13(9-10)18-2)12-6-4-3-5-11(12)14(15)19/h3-9H,1-2H3,(H2,15,19). The number of nitrogens with two attached hydrogens (primary N) is 1. The summed E-state index contributed by atoms with van der Waals surface area (Å²) in [5.74, 6) is 0.567. The molecule has 0 fully saturated rings. The Bertz CT molecular complexity index is 601. The van der Waals surface area contributed by atoms with Crippen molar-refractivity contribution in [1.29, 1.82) is 0 Å². The van der Waals surface area contributed by atoms with E-state index in [9.17, 15) is 0 Å². The molecule has 1 heterocycles. The first-order valence-electron chi connectivity index (χ1n) is 5.76. The second-order valence-corrected chi connectivity index (χ2v) is 4.44. The summed E-state index contributed by atoms with van der Waals surface area (Å²) in [5, 5.41) is 0. The lowest BCUT2D eigenvalue weighted by atomic mass is 10.1. The van der Waals surface area contributed by atoms with E-state index >= 15 is 0 Å². The number of hydrogen-bond acceptors (Lipinski definition) is 4. The highest BCUT2D eigenvalue weighted by atomic mass is 32.1. The van der Waals surface area contributed by atoms with Crippen LogP contribution in [0.4, 0.5) is 11.4 Å². The van der Waals surface area contributed by atoms with Gasteiger partial charge in [-0.05, 0) is 18.2 Å². The molecule has 0 saturated heterocycles. The van der Waals surface area contributed by atoms with Gasteiger partial charge < -0.3 is 15.4 Å². The predicted octanol–water partition coefficient (Wildman–Crippen LogP) is 2.49. The molecule has 0 aliphatic heterocycles. The van der Waals surface area contributed by atoms with Gasteiger partial charge in [0.05, 0.1) is 12.8 Å². The molecule has 0 aliphatic rings. The van der Waals surface area contributed by atoms with Gasteiger partial charge in [-0.1, -0.05) is 24.4 Å². The average Bonchev–Trinajstić information content (AvgIpc) is 2.46. The van der Waals surface area contributed by atoms with E-state index in [-0.39, 0.29) is 0 Å². The molecule has 0 aliphatic carbocycles. The summed E-state index contributed by atoms with van der Waals surface area (Å²) in [6.07, 6.45) is 1.70. The summed E-state index contributed by atoms with van der Waals surface area (Å²) < 4.78 is 5.13. The Morgan fingerprint density at radius 2 is 2.05 bits per heavy atom. The Morgan fingerprint density at radius 1 is 1.32 bits per heavy atom. The number of anilines is 2. The number of thiocarbonyl (C=S) groups is 1. The highest BCUT2D eigenvalue weighted by molar-refractivity contribution is 7.80. The van der Waals surface area contributed by atoms with Crippen molar-refractivity contribution in [3.8, 4) is 5.88 Å². The van der Waals surface area contributed by atoms with E-state index in [0.29, 0.717) is 10.9 Å². The maximum absolute atomic E-state index is 5.75. The van der Waals surface area contributed by atoms with Crippen LogP contribution in [0, 0.1) is 0 Å². The van der Waals surface area contributed by atoms with E-state index in [0.717, 1.165) is 16.9 Å². The van der Waals surface area contributed by atoms with E-state index in [1.54, 1.807) is 13.3 Å². The van der Waals surface area contributed by atoms with Crippen LogP contribution in [-0.4, -0.2) is 24.1 Å². The lowest BCUT2D eigenvalue weighted by Crippen LogP contribution is -2.17. The van der Waals surface area contributed by atoms with Crippen LogP contribution in [0.1, 0.15) is 5.56 Å². The highest BCUT2D eigenvalue weighted by Crippen LogP contribution is 2.28. The number of pyridine rings is 1. The summed E-state index contributed by atoms with van der Waals surface area (Å²) in [5.41, 5.74) is 8.50. The summed E-state index contributed by atoms with van der Waals surface area (Å²) in [4.78, 5) is 6.47. The van der Waals surface area contributed by atoms with Gasteiger partial charge in [-0.25, -0.2) is 4.98 Å². The molecule has 1 aromatic carbocycles. The minimum Gasteiger partial charge on any atom is -0.481 e. The van der Waals surface area contributed by atoms with E-state index < -0.39 is 0 Å². The van der Waals surface area contributed by atoms with Crippen LogP contribution in [0.15, 0.2) is 42.6 Å². The first-order valence-corrected chi connectivity index (χ1v) is 6.17. The number of aromatic nitrogens is 1. The molecule has 0 amide bonds. The molecule has 4 nitrogen and oxygen atoms in total. The maximum atomic E-state index is 5.75. The molecule has 0 bridgehead atoms. The quantitative estimate of drug-likeness (QED) is 0.867. The second-order valence-electron chi connectivity index (χ2n) is 4.00. The SMILES string of the molecule is COc1cc(N(C)c2ccccc2C(N)=S)ccn1. The van der Waals surface area contributed by atoms with E-state index in [2.05, 4.69) is 4.98 Å². The van der Waals surface area contributed by atoms with Crippen LogP contribution in [-0.2, 0) is 0 Å². The number of methoxy groups -OCH3 is 1. The summed E-state index contributed by atoms with van der Waals surface area (Å²) in [7, 11) is 3.54. The van der Waals surface area contributed by atoms with E-state index in [4.69, 9.17) is 22.7 Å². The molecule has 0 spiro atoms. The first kappa shape index (κ1) is 13.3. The fourth-order valence-corrected chi connectivity index (χ4v) is 2.01. The number of ether oxygens (including phenoxy) is 1. The van der Waals surface area contributed by atoms with Gasteiger partial charge in [0.15, 0.2) is 0 Å². The zero-order valence-electron chi connectivity index (χ0n) is 10.8. The van der Waals surface area contributed by atoms with Crippen molar-refractivity contribution >= 4 is 28.6 Å². The molecule has 2 N–H and O–H groups in total. The fourth-order valence-electron chi connectivity index (χ4n) is 1.83. The van der Waals surface area contributed by atoms with Crippen molar-refractivity contribution in [2.24, 2.45) is 5.73 Å². The molecule has 2 rings (SSSR count). The largest absolute Gasteiger partial charge is 0.481 e. The number of hydrogen-bond donors (Lipinski definition) is 1. The van der Waals surface area contributed by atoms with Crippen LogP contribution < -0.4 is 15.4 Å². The van der Waals surface area contributed by atoms with Gasteiger partial charge in [-0.2, -0.15) is 0 Å². The number of para-hydroxylation sites is 1. The maximum Gasteiger partial charge on any atom is 0.214 e. The van der Waals surface area contributed by atoms with Crippen molar-refractivity contribution < 1.29 is 4.74 Å². The Labute approximate surface area is 117 Å². The predicted molar refractivity (Wildman–Crippen MR) is 81.2 cm³/mol. The molecular weight excluding hydrogens is 258 g/mol. The number of nitrogens with zero attached hydrogens (tertiary/aromatic N) is 2. The molecule has 98 valence electrons. The third-order valence-electron chi connectivity index (χ3n) is 2.85. The topological polar surface area (TPSA) is 51.4 Å². The van der Waals surface area contributed by atoms with Crippen molar-refractivity contribution in [2.45, 2.75) is 0 Å². The summed E-state index contributed by atoms with van der Waals surface area (Å²) >= 11 is 5.08. The number of rotatable bonds is 4. The monoisotopic (exact) mass is 273 g/mol. The van der Waals surface area contributed by atoms with Crippen molar-refractivity contribution in [2.75, 3.05) is 19.1 Å². The zero-order chi connectivity index (χ0) is 13.8. The van der Waals surface area contributed by atoms with Gasteiger partial charge in [-0.15, -0.1) is 0 Å². The van der Waals surface area contributed by atoms with E-state index in [1.807, 2.05) is 48.3 Å². The van der Waals surface area contributed by atoms with Crippen LogP contribution >= 0.6 is 12.2 Å². The Morgan fingerprint density at radius 3 is 2.74 bits per heavy atom. The first-order chi connectivity index (χ1) is 9.13. The third kappa shape index (κ3) is 2.82. The van der Waals surface area contributed by atoms with Gasteiger partial charge in [0.1, 0.15) is 4.99 Å². The zero-order valence-corrected chi connectivity index (χ0v) is 11.6. The van der Waals surface area contributed by atoms with Gasteiger partial charge >= 0.3 is 0 Å². The highest BCUT2D eigenvalue weighted by Gasteiger charge is 2.11. The molecule has 0 unspecified atom stereocenters. The van der Waals surface area contributed by atoms with Crippen molar-refractivity contribution in [3.63, 3.8) is 0 Å². The lowest BCUT2D eigenvalue weighted by molar-refractivity contribution is 0.398. The minimum absolute atomic E-state index is 0.378. The second kappa shape index (κ2) is 5.67. The smallest absolute Gasteiger partial charge is 0.214 e. The third-order valence-corrected chi connectivity index (χ3v) is 3.07. The summed E-state index contributed by atoms with van der Waals surface area (Å²) in [6.45, 7) is 0. The molecule has 2 aromatic rings. The van der Waals surface area contributed by atoms with Gasteiger partial charge in [0.2, 0.25) is 5.88 Å². The molecule has 0 saturated carbocycles. The molecular formula is C14H15N3OS. The van der Waals surface area contributed by atoms with E-state index in [1.165, 1.54) is 0 Å². The van der Waals surface area contributed by atoms with Crippen LogP contribution in [0.3, 0.4) is 0 Å². The van der Waals surface area contributed by atoms with Gasteiger partial charge in [0, 0.05) is 30.6 Å². The fraction of sp³-hybridized carbons (Fsp3) is 0.143. The van der Waals surface area contributed by atoms with Crippen molar-refractivity contribution in [1.82, 2.24) is 4.98 Å². The molecule has 5 heteroatoms. The summed E-state index contributed by atoms with van der Waals surface area (Å²) in [6, 6.07) is 11.5. The van der Waals surface area contributed by atoms with Gasteiger partial charge in [-0.3, -0.25) is 0 Å². The number of benzene rings is 1. The van der Waals surface area contributed by atoms with Gasteiger partial charge in [0.25, 0.3) is 0 Å². The Balaban J connectivity index is 2.43. The minimum atomic E-state index is 0.378. The molecule has 0 radical (unpaired) electrons. The Hall–Kier alpha value is -2.14. The molecule has 19 heavy (non-hydrogen) atoms. The van der Waals surface area contributed by atoms with Crippen LogP contribution in [0.2, 0.25) is 0 Å². The average molecular weight is 273 g/mol. The lowest BCUT2D eigenvalue weighted by Gasteiger charge is -2.22. The van der Waals surface area contributed by atoms with Crippen LogP contribution in [0.5, 0.6) is 5.88 Å². The van der Waals surface area contributed by atoms with Crippen molar-refractivity contribution in [3.05, 3.63) is 48.2 Å².